The number of benzene rings is 2. The van der Waals surface area contributed by atoms with E-state index in [2.05, 4.69) is 4.98 Å². The highest BCUT2D eigenvalue weighted by Gasteiger charge is 2.09. The van der Waals surface area contributed by atoms with Crippen molar-refractivity contribution in [2.45, 2.75) is 0 Å². The van der Waals surface area contributed by atoms with Gasteiger partial charge in [0.15, 0.2) is 0 Å². The minimum absolute atomic E-state index is 0.150. The number of aromatic hydroxyl groups is 2. The van der Waals surface area contributed by atoms with Crippen LogP contribution in [0.15, 0.2) is 78.9 Å². The standard InChI is InChI=1S/C23H17NO4/c25-18-10-4-16(5-11-18)8-14-22(27)20-2-1-3-21(24-20)23(28)15-9-17-6-12-19(26)13-7-17/h1-15,25-26H/b14-8-,15-9+. The number of nitrogens with zero attached hydrogens (tertiary/aromatic N) is 1. The summed E-state index contributed by atoms with van der Waals surface area (Å²) in [5, 5.41) is 18.5. The van der Waals surface area contributed by atoms with E-state index in [4.69, 9.17) is 0 Å². The Morgan fingerprint density at radius 3 is 1.43 bits per heavy atom. The van der Waals surface area contributed by atoms with E-state index in [1.165, 1.54) is 36.4 Å². The van der Waals surface area contributed by atoms with Crippen LogP contribution in [0.2, 0.25) is 0 Å². The second-order valence-corrected chi connectivity index (χ2v) is 5.99. The van der Waals surface area contributed by atoms with Gasteiger partial charge in [0.1, 0.15) is 22.9 Å². The number of pyridine rings is 1. The van der Waals surface area contributed by atoms with Crippen molar-refractivity contribution in [3.05, 3.63) is 101 Å². The summed E-state index contributed by atoms with van der Waals surface area (Å²) < 4.78 is 0. The van der Waals surface area contributed by atoms with E-state index in [0.717, 1.165) is 11.1 Å². The Labute approximate surface area is 161 Å². The number of hydrogen-bond donors (Lipinski definition) is 2. The third-order valence-corrected chi connectivity index (χ3v) is 3.89. The normalized spacial score (nSPS) is 11.1. The molecule has 3 rings (SSSR count). The van der Waals surface area contributed by atoms with Gasteiger partial charge in [-0.15, -0.1) is 0 Å². The minimum atomic E-state index is -0.328. The van der Waals surface area contributed by atoms with Gasteiger partial charge in [-0.3, -0.25) is 9.59 Å². The van der Waals surface area contributed by atoms with Crippen LogP contribution < -0.4 is 0 Å². The molecule has 0 bridgehead atoms. The molecule has 0 saturated heterocycles. The number of phenolic OH excluding ortho intramolecular Hbond substituents is 2. The summed E-state index contributed by atoms with van der Waals surface area (Å²) in [6.07, 6.45) is 5.97. The molecule has 0 aliphatic heterocycles. The first-order chi connectivity index (χ1) is 13.5. The average Bonchev–Trinajstić information content (AvgIpc) is 2.72. The molecule has 28 heavy (non-hydrogen) atoms. The Bertz CT molecular complexity index is 966. The molecule has 1 heterocycles. The monoisotopic (exact) mass is 371 g/mol. The van der Waals surface area contributed by atoms with Gasteiger partial charge in [-0.05, 0) is 59.7 Å². The van der Waals surface area contributed by atoms with Gasteiger partial charge in [0.05, 0.1) is 0 Å². The molecule has 0 radical (unpaired) electrons. The van der Waals surface area contributed by atoms with E-state index >= 15 is 0 Å². The summed E-state index contributed by atoms with van der Waals surface area (Å²) in [4.78, 5) is 28.8. The zero-order valence-electron chi connectivity index (χ0n) is 14.8. The average molecular weight is 371 g/mol. The Balaban J connectivity index is 1.71. The largest absolute Gasteiger partial charge is 0.508 e. The highest BCUT2D eigenvalue weighted by Crippen LogP contribution is 2.13. The van der Waals surface area contributed by atoms with Crippen molar-refractivity contribution in [1.82, 2.24) is 4.98 Å². The maximum atomic E-state index is 12.3. The predicted molar refractivity (Wildman–Crippen MR) is 107 cm³/mol. The van der Waals surface area contributed by atoms with Gasteiger partial charge in [0.2, 0.25) is 11.6 Å². The molecule has 3 aromatic rings. The summed E-state index contributed by atoms with van der Waals surface area (Å²) in [5.74, 6) is -0.357. The van der Waals surface area contributed by atoms with Crippen molar-refractivity contribution in [3.8, 4) is 11.5 Å². The molecule has 5 heteroatoms. The smallest absolute Gasteiger partial charge is 0.204 e. The van der Waals surface area contributed by atoms with Gasteiger partial charge in [-0.1, -0.05) is 42.5 Å². The number of carbonyl (C=O) groups excluding carboxylic acids is 2. The molecule has 138 valence electrons. The lowest BCUT2D eigenvalue weighted by atomic mass is 10.1. The maximum Gasteiger partial charge on any atom is 0.204 e. The van der Waals surface area contributed by atoms with Crippen LogP contribution >= 0.6 is 0 Å². The van der Waals surface area contributed by atoms with Crippen molar-refractivity contribution in [2.75, 3.05) is 0 Å². The van der Waals surface area contributed by atoms with Gasteiger partial charge < -0.3 is 10.2 Å². The molecule has 2 N–H and O–H groups in total. The highest BCUT2D eigenvalue weighted by molar-refractivity contribution is 6.08. The molecule has 0 atom stereocenters. The van der Waals surface area contributed by atoms with Crippen LogP contribution in [0.25, 0.3) is 12.2 Å². The second-order valence-electron chi connectivity index (χ2n) is 5.99. The summed E-state index contributed by atoms with van der Waals surface area (Å²) in [6, 6.07) is 17.5. The van der Waals surface area contributed by atoms with Gasteiger partial charge in [0.25, 0.3) is 0 Å². The van der Waals surface area contributed by atoms with Crippen LogP contribution in [-0.4, -0.2) is 26.8 Å². The Kier molecular flexibility index (Phi) is 5.77. The van der Waals surface area contributed by atoms with Crippen molar-refractivity contribution < 1.29 is 19.8 Å². The van der Waals surface area contributed by atoms with E-state index in [0.29, 0.717) is 0 Å². The third-order valence-electron chi connectivity index (χ3n) is 3.89. The molecule has 0 aliphatic rings. The van der Waals surface area contributed by atoms with Crippen LogP contribution in [0.3, 0.4) is 0 Å². The van der Waals surface area contributed by atoms with Crippen LogP contribution in [0.5, 0.6) is 11.5 Å². The molecule has 5 nitrogen and oxygen atoms in total. The van der Waals surface area contributed by atoms with E-state index in [9.17, 15) is 19.8 Å². The van der Waals surface area contributed by atoms with Gasteiger partial charge in [0, 0.05) is 0 Å². The van der Waals surface area contributed by atoms with Gasteiger partial charge in [-0.2, -0.15) is 0 Å². The lowest BCUT2D eigenvalue weighted by Gasteiger charge is -2.00. The first-order valence-corrected chi connectivity index (χ1v) is 8.51. The van der Waals surface area contributed by atoms with Crippen LogP contribution in [0.1, 0.15) is 32.1 Å². The minimum Gasteiger partial charge on any atom is -0.508 e. The lowest BCUT2D eigenvalue weighted by Crippen LogP contribution is -2.05. The first kappa shape index (κ1) is 18.8. The molecule has 1 aromatic heterocycles. The van der Waals surface area contributed by atoms with Crippen molar-refractivity contribution in [2.24, 2.45) is 0 Å². The SMILES string of the molecule is O=C(/C=C\c1ccc(O)cc1)c1cccc(C(=O)/C=C/c2ccc(O)cc2)n1. The number of hydrogen-bond acceptors (Lipinski definition) is 5. The fraction of sp³-hybridized carbons (Fsp3) is 0. The van der Waals surface area contributed by atoms with E-state index < -0.39 is 0 Å². The third kappa shape index (κ3) is 5.02. The number of ketones is 2. The summed E-state index contributed by atoms with van der Waals surface area (Å²) in [6.45, 7) is 0. The zero-order chi connectivity index (χ0) is 19.9. The van der Waals surface area contributed by atoms with E-state index in [1.807, 2.05) is 0 Å². The summed E-state index contributed by atoms with van der Waals surface area (Å²) in [7, 11) is 0. The molecule has 0 saturated carbocycles. The molecule has 0 fully saturated rings. The molecule has 2 aromatic carbocycles. The van der Waals surface area contributed by atoms with Crippen molar-refractivity contribution in [3.63, 3.8) is 0 Å². The molecule has 0 amide bonds. The fourth-order valence-electron chi connectivity index (χ4n) is 2.39. The van der Waals surface area contributed by atoms with E-state index in [-0.39, 0.29) is 34.5 Å². The predicted octanol–water partition coefficient (Wildman–Crippen LogP) is 4.29. The molecular formula is C23H17NO4. The molecule has 0 spiro atoms. The van der Waals surface area contributed by atoms with E-state index in [1.54, 1.807) is 54.6 Å². The van der Waals surface area contributed by atoms with Crippen LogP contribution in [0.4, 0.5) is 0 Å². The second kappa shape index (κ2) is 8.60. The number of phenols is 2. The molecule has 0 aliphatic carbocycles. The summed E-state index contributed by atoms with van der Waals surface area (Å²) in [5.41, 5.74) is 1.85. The summed E-state index contributed by atoms with van der Waals surface area (Å²) >= 11 is 0. The van der Waals surface area contributed by atoms with Crippen LogP contribution in [0, 0.1) is 0 Å². The van der Waals surface area contributed by atoms with Crippen molar-refractivity contribution in [1.29, 1.82) is 0 Å². The maximum absolute atomic E-state index is 12.3. The zero-order valence-corrected chi connectivity index (χ0v) is 14.8. The van der Waals surface area contributed by atoms with Gasteiger partial charge in [-0.25, -0.2) is 4.98 Å². The number of aromatic nitrogens is 1. The Hall–Kier alpha value is -3.99. The highest BCUT2D eigenvalue weighted by atomic mass is 16.3. The van der Waals surface area contributed by atoms with Crippen molar-refractivity contribution >= 4 is 23.7 Å². The Morgan fingerprint density at radius 2 is 1.04 bits per heavy atom. The number of carbonyl (C=O) groups is 2. The van der Waals surface area contributed by atoms with Crippen LogP contribution in [-0.2, 0) is 0 Å². The lowest BCUT2D eigenvalue weighted by molar-refractivity contribution is 0.104. The molecular weight excluding hydrogens is 354 g/mol. The number of rotatable bonds is 6. The topological polar surface area (TPSA) is 87.5 Å². The first-order valence-electron chi connectivity index (χ1n) is 8.51. The number of allylic oxidation sites excluding steroid dienone is 2. The van der Waals surface area contributed by atoms with Gasteiger partial charge >= 0.3 is 0 Å². The fourth-order valence-corrected chi connectivity index (χ4v) is 2.39. The molecule has 0 unspecified atom stereocenters. The Morgan fingerprint density at radius 1 is 0.643 bits per heavy atom. The quantitative estimate of drug-likeness (QED) is 0.499.